The van der Waals surface area contributed by atoms with E-state index in [1.54, 1.807) is 6.92 Å². The molecule has 1 unspecified atom stereocenters. The van der Waals surface area contributed by atoms with Crippen LogP contribution in [0.4, 0.5) is 0 Å². The fourth-order valence-electron chi connectivity index (χ4n) is 1.34. The number of nitrogens with zero attached hydrogens (tertiary/aromatic N) is 2. The third-order valence-electron chi connectivity index (χ3n) is 2.30. The van der Waals surface area contributed by atoms with Crippen LogP contribution in [0.15, 0.2) is 18.3 Å². The van der Waals surface area contributed by atoms with E-state index in [1.165, 1.54) is 18.3 Å². The van der Waals surface area contributed by atoms with Crippen LogP contribution in [0.5, 0.6) is 0 Å². The van der Waals surface area contributed by atoms with Gasteiger partial charge in [-0.05, 0) is 32.9 Å². The first-order valence-electron chi connectivity index (χ1n) is 5.91. The summed E-state index contributed by atoms with van der Waals surface area (Å²) in [5.74, 6) is -0.701. The van der Waals surface area contributed by atoms with Crippen LogP contribution < -0.4 is 10.6 Å². The van der Waals surface area contributed by atoms with Crippen LogP contribution in [0.1, 0.15) is 36.8 Å². The van der Waals surface area contributed by atoms with Crippen molar-refractivity contribution in [2.24, 2.45) is 0 Å². The number of nitrogens with one attached hydrogen (secondary N) is 2. The highest BCUT2D eigenvalue weighted by atomic mass is 16.2. The summed E-state index contributed by atoms with van der Waals surface area (Å²) < 4.78 is 0. The lowest BCUT2D eigenvalue weighted by molar-refractivity contribution is -0.123. The van der Waals surface area contributed by atoms with Gasteiger partial charge in [0.2, 0.25) is 5.91 Å². The summed E-state index contributed by atoms with van der Waals surface area (Å²) in [6, 6.07) is 4.23. The van der Waals surface area contributed by atoms with Gasteiger partial charge in [-0.1, -0.05) is 0 Å². The molecule has 0 aromatic carbocycles. The maximum atomic E-state index is 11.8. The first kappa shape index (κ1) is 14.6. The third kappa shape index (κ3) is 4.39. The first-order valence-corrected chi connectivity index (χ1v) is 5.91. The lowest BCUT2D eigenvalue weighted by atomic mass is 10.2. The van der Waals surface area contributed by atoms with Crippen molar-refractivity contribution in [3.63, 3.8) is 0 Å². The molecule has 1 heterocycles. The monoisotopic (exact) mass is 260 g/mol. The highest BCUT2D eigenvalue weighted by molar-refractivity contribution is 5.96. The second-order valence-corrected chi connectivity index (χ2v) is 4.40. The molecule has 1 aromatic rings. The van der Waals surface area contributed by atoms with Crippen molar-refractivity contribution in [1.29, 1.82) is 5.26 Å². The van der Waals surface area contributed by atoms with Gasteiger partial charge in [0.15, 0.2) is 0 Å². The highest BCUT2D eigenvalue weighted by Crippen LogP contribution is 1.99. The number of hydrogen-bond acceptors (Lipinski definition) is 4. The smallest absolute Gasteiger partial charge is 0.270 e. The summed E-state index contributed by atoms with van der Waals surface area (Å²) in [6.45, 7) is 5.28. The molecule has 0 spiro atoms. The van der Waals surface area contributed by atoms with Gasteiger partial charge >= 0.3 is 0 Å². The molecule has 2 amide bonds. The van der Waals surface area contributed by atoms with Gasteiger partial charge in [0.1, 0.15) is 17.8 Å². The van der Waals surface area contributed by atoms with E-state index in [4.69, 9.17) is 5.26 Å². The van der Waals surface area contributed by atoms with Gasteiger partial charge in [-0.25, -0.2) is 4.98 Å². The molecule has 0 aliphatic carbocycles. The molecule has 0 saturated carbocycles. The Morgan fingerprint density at radius 3 is 2.42 bits per heavy atom. The summed E-state index contributed by atoms with van der Waals surface area (Å²) in [7, 11) is 0. The Bertz CT molecular complexity index is 502. The van der Waals surface area contributed by atoms with Gasteiger partial charge in [0, 0.05) is 12.2 Å². The van der Waals surface area contributed by atoms with Crippen LogP contribution in [0, 0.1) is 11.3 Å². The normalized spacial score (nSPS) is 11.5. The zero-order valence-corrected chi connectivity index (χ0v) is 11.1. The minimum absolute atomic E-state index is 0.0138. The van der Waals surface area contributed by atoms with Crippen LogP contribution in [-0.2, 0) is 4.79 Å². The quantitative estimate of drug-likeness (QED) is 0.828. The SMILES string of the molecule is CC(C)NC(=O)C(C)NC(=O)c1ccc(C#N)cn1. The Labute approximate surface area is 111 Å². The number of hydrogen-bond donors (Lipinski definition) is 2. The molecule has 0 aliphatic rings. The third-order valence-corrected chi connectivity index (χ3v) is 2.30. The predicted octanol–water partition coefficient (Wildman–Crippen LogP) is 0.596. The second kappa shape index (κ2) is 6.50. The maximum Gasteiger partial charge on any atom is 0.270 e. The van der Waals surface area contributed by atoms with Gasteiger partial charge in [-0.3, -0.25) is 9.59 Å². The molecule has 1 atom stereocenters. The number of rotatable bonds is 4. The molecule has 2 N–H and O–H groups in total. The Morgan fingerprint density at radius 1 is 1.26 bits per heavy atom. The van der Waals surface area contributed by atoms with Gasteiger partial charge < -0.3 is 10.6 Å². The molecular weight excluding hydrogens is 244 g/mol. The Hall–Kier alpha value is -2.42. The first-order chi connectivity index (χ1) is 8.93. The Morgan fingerprint density at radius 2 is 1.95 bits per heavy atom. The fraction of sp³-hybridized carbons (Fsp3) is 0.385. The zero-order valence-electron chi connectivity index (χ0n) is 11.1. The van der Waals surface area contributed by atoms with Crippen molar-refractivity contribution in [1.82, 2.24) is 15.6 Å². The minimum Gasteiger partial charge on any atom is -0.352 e. The van der Waals surface area contributed by atoms with Gasteiger partial charge in [-0.15, -0.1) is 0 Å². The van der Waals surface area contributed by atoms with Crippen LogP contribution in [0.3, 0.4) is 0 Å². The summed E-state index contributed by atoms with van der Waals surface area (Å²) in [4.78, 5) is 27.3. The molecule has 0 saturated heterocycles. The molecule has 0 aliphatic heterocycles. The highest BCUT2D eigenvalue weighted by Gasteiger charge is 2.17. The van der Waals surface area contributed by atoms with Gasteiger partial charge in [0.25, 0.3) is 5.91 Å². The van der Waals surface area contributed by atoms with E-state index in [2.05, 4.69) is 15.6 Å². The van der Waals surface area contributed by atoms with E-state index in [1.807, 2.05) is 19.9 Å². The van der Waals surface area contributed by atoms with Crippen molar-refractivity contribution < 1.29 is 9.59 Å². The number of pyridine rings is 1. The summed E-state index contributed by atoms with van der Waals surface area (Å²) in [5.41, 5.74) is 0.547. The molecule has 6 nitrogen and oxygen atoms in total. The fourth-order valence-corrected chi connectivity index (χ4v) is 1.34. The molecule has 1 rings (SSSR count). The Kier molecular flexibility index (Phi) is 5.01. The number of aromatic nitrogens is 1. The summed E-state index contributed by atoms with van der Waals surface area (Å²) in [6.07, 6.45) is 1.31. The maximum absolute atomic E-state index is 11.8. The molecule has 0 bridgehead atoms. The minimum atomic E-state index is -0.646. The lowest BCUT2D eigenvalue weighted by Crippen LogP contribution is -2.46. The van der Waals surface area contributed by atoms with Crippen molar-refractivity contribution in [2.45, 2.75) is 32.9 Å². The zero-order chi connectivity index (χ0) is 14.4. The van der Waals surface area contributed by atoms with E-state index in [0.29, 0.717) is 5.56 Å². The molecule has 0 radical (unpaired) electrons. The predicted molar refractivity (Wildman–Crippen MR) is 69.2 cm³/mol. The number of amides is 2. The van der Waals surface area contributed by atoms with E-state index in [0.717, 1.165) is 0 Å². The molecule has 1 aromatic heterocycles. The van der Waals surface area contributed by atoms with Crippen molar-refractivity contribution in [3.8, 4) is 6.07 Å². The lowest BCUT2D eigenvalue weighted by Gasteiger charge is -2.15. The van der Waals surface area contributed by atoms with Crippen LogP contribution in [0.2, 0.25) is 0 Å². The average Bonchev–Trinajstić information content (AvgIpc) is 2.37. The van der Waals surface area contributed by atoms with E-state index in [9.17, 15) is 9.59 Å². The molecule has 0 fully saturated rings. The van der Waals surface area contributed by atoms with E-state index in [-0.39, 0.29) is 17.6 Å². The standard InChI is InChI=1S/C13H16N4O2/c1-8(2)16-12(18)9(3)17-13(19)11-5-4-10(6-14)7-15-11/h4-5,7-9H,1-3H3,(H,16,18)(H,17,19). The van der Waals surface area contributed by atoms with E-state index < -0.39 is 11.9 Å². The molecule has 6 heteroatoms. The second-order valence-electron chi connectivity index (χ2n) is 4.40. The van der Waals surface area contributed by atoms with Crippen LogP contribution >= 0.6 is 0 Å². The molecule has 19 heavy (non-hydrogen) atoms. The van der Waals surface area contributed by atoms with Gasteiger partial charge in [-0.2, -0.15) is 5.26 Å². The largest absolute Gasteiger partial charge is 0.352 e. The van der Waals surface area contributed by atoms with Crippen LogP contribution in [-0.4, -0.2) is 28.9 Å². The average molecular weight is 260 g/mol. The number of carbonyl (C=O) groups is 2. The summed E-state index contributed by atoms with van der Waals surface area (Å²) in [5, 5.41) is 13.9. The van der Waals surface area contributed by atoms with E-state index >= 15 is 0 Å². The van der Waals surface area contributed by atoms with Crippen molar-refractivity contribution >= 4 is 11.8 Å². The number of nitriles is 1. The Balaban J connectivity index is 2.63. The summed E-state index contributed by atoms with van der Waals surface area (Å²) >= 11 is 0. The number of carbonyl (C=O) groups excluding carboxylic acids is 2. The van der Waals surface area contributed by atoms with Crippen molar-refractivity contribution in [3.05, 3.63) is 29.6 Å². The molecule has 100 valence electrons. The van der Waals surface area contributed by atoms with Gasteiger partial charge in [0.05, 0.1) is 5.56 Å². The van der Waals surface area contributed by atoms with Crippen LogP contribution in [0.25, 0.3) is 0 Å². The topological polar surface area (TPSA) is 94.9 Å². The molecular formula is C13H16N4O2. The van der Waals surface area contributed by atoms with Crippen molar-refractivity contribution in [2.75, 3.05) is 0 Å².